The van der Waals surface area contributed by atoms with E-state index in [1.807, 2.05) is 13.0 Å². The van der Waals surface area contributed by atoms with Crippen molar-refractivity contribution in [1.82, 2.24) is 20.4 Å². The van der Waals surface area contributed by atoms with Gasteiger partial charge in [-0.1, -0.05) is 6.07 Å². The van der Waals surface area contributed by atoms with Crippen molar-refractivity contribution in [1.29, 1.82) is 0 Å². The van der Waals surface area contributed by atoms with E-state index in [-0.39, 0.29) is 17.8 Å². The van der Waals surface area contributed by atoms with Crippen molar-refractivity contribution in [2.75, 3.05) is 13.1 Å². The normalized spacial score (nSPS) is 19.5. The fourth-order valence-corrected chi connectivity index (χ4v) is 3.63. The number of benzene rings is 1. The van der Waals surface area contributed by atoms with Gasteiger partial charge in [0, 0.05) is 23.8 Å². The van der Waals surface area contributed by atoms with Crippen LogP contribution in [0, 0.1) is 12.7 Å². The summed E-state index contributed by atoms with van der Waals surface area (Å²) in [6.45, 7) is 3.57. The highest BCUT2D eigenvalue weighted by Gasteiger charge is 2.29. The van der Waals surface area contributed by atoms with Crippen LogP contribution in [-0.2, 0) is 12.8 Å². The van der Waals surface area contributed by atoms with Crippen LogP contribution in [0.3, 0.4) is 0 Å². The van der Waals surface area contributed by atoms with Gasteiger partial charge in [0.25, 0.3) is 5.91 Å². The van der Waals surface area contributed by atoms with Crippen LogP contribution in [0.25, 0.3) is 5.69 Å². The number of hydrogen-bond acceptors (Lipinski definition) is 3. The molecule has 0 bridgehead atoms. The number of halogens is 1. The van der Waals surface area contributed by atoms with E-state index in [4.69, 9.17) is 0 Å². The number of nitrogens with zero attached hydrogens (tertiary/aromatic N) is 2. The van der Waals surface area contributed by atoms with Crippen LogP contribution in [-0.4, -0.2) is 34.8 Å². The van der Waals surface area contributed by atoms with Crippen LogP contribution < -0.4 is 10.6 Å². The Balaban J connectivity index is 1.70. The quantitative estimate of drug-likeness (QED) is 0.905. The molecular formula is C18H21FN4O. The summed E-state index contributed by atoms with van der Waals surface area (Å²) in [4.78, 5) is 12.6. The second-order valence-electron chi connectivity index (χ2n) is 6.66. The Labute approximate surface area is 140 Å². The topological polar surface area (TPSA) is 59.0 Å². The molecular weight excluding hydrogens is 307 g/mol. The zero-order chi connectivity index (χ0) is 16.7. The molecule has 1 aromatic carbocycles. The lowest BCUT2D eigenvalue weighted by atomic mass is 10.1. The molecule has 1 aliphatic carbocycles. The molecule has 5 nitrogen and oxygen atoms in total. The second kappa shape index (κ2) is 6.02. The number of aryl methyl sites for hydroxylation is 1. The molecule has 126 valence electrons. The van der Waals surface area contributed by atoms with Gasteiger partial charge >= 0.3 is 0 Å². The number of carbonyl (C=O) groups excluding carboxylic acids is 1. The summed E-state index contributed by atoms with van der Waals surface area (Å²) in [5, 5.41) is 10.8. The number of nitrogens with one attached hydrogen (secondary N) is 2. The maximum Gasteiger partial charge on any atom is 0.272 e. The Bertz CT molecular complexity index is 793. The number of hydrogen-bond donors (Lipinski definition) is 2. The van der Waals surface area contributed by atoms with Gasteiger partial charge < -0.3 is 10.6 Å². The predicted molar refractivity (Wildman–Crippen MR) is 89.0 cm³/mol. The maximum atomic E-state index is 14.4. The van der Waals surface area contributed by atoms with Gasteiger partial charge in [0.1, 0.15) is 11.5 Å². The Morgan fingerprint density at radius 1 is 1.42 bits per heavy atom. The molecule has 1 atom stereocenters. The molecule has 2 aromatic rings. The van der Waals surface area contributed by atoms with E-state index in [1.165, 1.54) is 6.07 Å². The van der Waals surface area contributed by atoms with Gasteiger partial charge in [-0.05, 0) is 56.8 Å². The fraction of sp³-hybridized carbons (Fsp3) is 0.444. The van der Waals surface area contributed by atoms with Crippen LogP contribution in [0.1, 0.15) is 40.2 Å². The molecule has 1 aliphatic heterocycles. The van der Waals surface area contributed by atoms with Crippen molar-refractivity contribution in [3.05, 3.63) is 46.5 Å². The highest BCUT2D eigenvalue weighted by Crippen LogP contribution is 2.29. The summed E-state index contributed by atoms with van der Waals surface area (Å²) in [6, 6.07) is 5.25. The fourth-order valence-electron chi connectivity index (χ4n) is 3.63. The standard InChI is InChI=1S/C18H21FN4O/c1-11-5-6-16(14(19)9-11)23-15-4-2-3-13(15)17(22-23)18(24)21-12-7-8-20-10-12/h5-6,9,12,20H,2-4,7-8,10H2,1H3,(H,21,24). The van der Waals surface area contributed by atoms with E-state index >= 15 is 0 Å². The minimum absolute atomic E-state index is 0.145. The molecule has 0 radical (unpaired) electrons. The molecule has 1 amide bonds. The number of fused-ring (bicyclic) bond motifs is 1. The molecule has 2 heterocycles. The van der Waals surface area contributed by atoms with Gasteiger partial charge in [-0.2, -0.15) is 5.10 Å². The van der Waals surface area contributed by atoms with Crippen LogP contribution in [0.4, 0.5) is 4.39 Å². The average molecular weight is 328 g/mol. The number of aromatic nitrogens is 2. The van der Waals surface area contributed by atoms with Crippen molar-refractivity contribution < 1.29 is 9.18 Å². The van der Waals surface area contributed by atoms with Gasteiger partial charge in [-0.15, -0.1) is 0 Å². The van der Waals surface area contributed by atoms with E-state index in [2.05, 4.69) is 15.7 Å². The third kappa shape index (κ3) is 2.60. The first-order chi connectivity index (χ1) is 11.6. The largest absolute Gasteiger partial charge is 0.347 e. The smallest absolute Gasteiger partial charge is 0.272 e. The summed E-state index contributed by atoms with van der Waals surface area (Å²) in [7, 11) is 0. The molecule has 0 saturated carbocycles. The monoisotopic (exact) mass is 328 g/mol. The average Bonchev–Trinajstić information content (AvgIpc) is 3.24. The lowest BCUT2D eigenvalue weighted by Gasteiger charge is -2.10. The third-order valence-corrected chi connectivity index (χ3v) is 4.87. The minimum Gasteiger partial charge on any atom is -0.347 e. The summed E-state index contributed by atoms with van der Waals surface area (Å²) >= 11 is 0. The summed E-state index contributed by atoms with van der Waals surface area (Å²) in [6.07, 6.45) is 3.57. The highest BCUT2D eigenvalue weighted by atomic mass is 19.1. The number of carbonyl (C=O) groups is 1. The van der Waals surface area contributed by atoms with Crippen LogP contribution in [0.5, 0.6) is 0 Å². The Kier molecular flexibility index (Phi) is 3.84. The first-order valence-electron chi connectivity index (χ1n) is 8.52. The van der Waals surface area contributed by atoms with Gasteiger partial charge in [-0.3, -0.25) is 4.79 Å². The van der Waals surface area contributed by atoms with Crippen molar-refractivity contribution in [3.63, 3.8) is 0 Å². The molecule has 6 heteroatoms. The molecule has 0 spiro atoms. The van der Waals surface area contributed by atoms with Gasteiger partial charge in [0.15, 0.2) is 5.69 Å². The van der Waals surface area contributed by atoms with Crippen molar-refractivity contribution >= 4 is 5.91 Å². The Hall–Kier alpha value is -2.21. The molecule has 1 saturated heterocycles. The van der Waals surface area contributed by atoms with E-state index in [0.717, 1.165) is 55.6 Å². The molecule has 1 unspecified atom stereocenters. The second-order valence-corrected chi connectivity index (χ2v) is 6.66. The maximum absolute atomic E-state index is 14.4. The van der Waals surface area contributed by atoms with E-state index < -0.39 is 0 Å². The minimum atomic E-state index is -0.306. The molecule has 24 heavy (non-hydrogen) atoms. The van der Waals surface area contributed by atoms with Gasteiger partial charge in [-0.25, -0.2) is 9.07 Å². The van der Waals surface area contributed by atoms with E-state index in [0.29, 0.717) is 11.4 Å². The molecule has 1 fully saturated rings. The van der Waals surface area contributed by atoms with Gasteiger partial charge in [0.2, 0.25) is 0 Å². The SMILES string of the molecule is Cc1ccc(-n2nc(C(=O)NC3CCNC3)c3c2CCC3)c(F)c1. The van der Waals surface area contributed by atoms with Crippen molar-refractivity contribution in [2.24, 2.45) is 0 Å². The first-order valence-corrected chi connectivity index (χ1v) is 8.52. The lowest BCUT2D eigenvalue weighted by molar-refractivity contribution is 0.0933. The summed E-state index contributed by atoms with van der Waals surface area (Å²) in [5.41, 5.74) is 3.67. The predicted octanol–water partition coefficient (Wildman–Crippen LogP) is 1.90. The highest BCUT2D eigenvalue weighted by molar-refractivity contribution is 5.94. The third-order valence-electron chi connectivity index (χ3n) is 4.87. The van der Waals surface area contributed by atoms with Crippen LogP contribution in [0.15, 0.2) is 18.2 Å². The zero-order valence-electron chi connectivity index (χ0n) is 13.7. The lowest BCUT2D eigenvalue weighted by Crippen LogP contribution is -2.36. The summed E-state index contributed by atoms with van der Waals surface area (Å²) < 4.78 is 16.0. The molecule has 2 N–H and O–H groups in total. The van der Waals surface area contributed by atoms with Gasteiger partial charge in [0.05, 0.1) is 0 Å². The van der Waals surface area contributed by atoms with Crippen LogP contribution >= 0.6 is 0 Å². The first kappa shape index (κ1) is 15.3. The molecule has 2 aliphatic rings. The van der Waals surface area contributed by atoms with Crippen LogP contribution in [0.2, 0.25) is 0 Å². The van der Waals surface area contributed by atoms with E-state index in [1.54, 1.807) is 10.7 Å². The molecule has 1 aromatic heterocycles. The van der Waals surface area contributed by atoms with E-state index in [9.17, 15) is 9.18 Å². The van der Waals surface area contributed by atoms with Crippen molar-refractivity contribution in [3.8, 4) is 5.69 Å². The number of rotatable bonds is 3. The van der Waals surface area contributed by atoms with Crippen molar-refractivity contribution in [2.45, 2.75) is 38.6 Å². The summed E-state index contributed by atoms with van der Waals surface area (Å²) in [5.74, 6) is -0.452. The zero-order valence-corrected chi connectivity index (χ0v) is 13.7. The molecule has 4 rings (SSSR count). The Morgan fingerprint density at radius 3 is 3.04 bits per heavy atom. The Morgan fingerprint density at radius 2 is 2.29 bits per heavy atom. The number of amides is 1.